The summed E-state index contributed by atoms with van der Waals surface area (Å²) in [6.45, 7) is 10.5. The molecule has 0 atom stereocenters. The first-order chi connectivity index (χ1) is 13.6. The largest absolute Gasteiger partial charge is 0.450 e. The number of amides is 1. The van der Waals surface area contributed by atoms with E-state index in [1.807, 2.05) is 13.1 Å². The van der Waals surface area contributed by atoms with Crippen LogP contribution >= 0.6 is 0 Å². The highest BCUT2D eigenvalue weighted by Crippen LogP contribution is 2.12. The predicted molar refractivity (Wildman–Crippen MR) is 113 cm³/mol. The standard InChI is InChI=1S/C20H34N6O2/c1-5-25(6-2)18-9-8-16(14-22-18)15-23-19(21-4)24-17-10-12-26(13-11-17)20(27)28-7-3/h8-9,14,17H,5-7,10-13,15H2,1-4H3,(H2,21,23,24). The lowest BCUT2D eigenvalue weighted by Crippen LogP contribution is -2.49. The smallest absolute Gasteiger partial charge is 0.409 e. The topological polar surface area (TPSA) is 82.1 Å². The number of hydrogen-bond donors (Lipinski definition) is 2. The summed E-state index contributed by atoms with van der Waals surface area (Å²) in [5.41, 5.74) is 1.11. The summed E-state index contributed by atoms with van der Waals surface area (Å²) in [7, 11) is 1.77. The molecule has 1 aromatic heterocycles. The molecule has 8 heteroatoms. The molecule has 1 aliphatic rings. The van der Waals surface area contributed by atoms with Crippen LogP contribution in [0.4, 0.5) is 10.6 Å². The molecule has 0 aromatic carbocycles. The van der Waals surface area contributed by atoms with E-state index >= 15 is 0 Å². The van der Waals surface area contributed by atoms with Crippen LogP contribution in [0.3, 0.4) is 0 Å². The number of nitrogens with one attached hydrogen (secondary N) is 2. The summed E-state index contributed by atoms with van der Waals surface area (Å²) < 4.78 is 5.07. The van der Waals surface area contributed by atoms with Crippen molar-refractivity contribution in [1.82, 2.24) is 20.5 Å². The molecule has 2 rings (SSSR count). The monoisotopic (exact) mass is 390 g/mol. The van der Waals surface area contributed by atoms with Crippen molar-refractivity contribution in [2.45, 2.75) is 46.2 Å². The van der Waals surface area contributed by atoms with Gasteiger partial charge in [0.25, 0.3) is 0 Å². The van der Waals surface area contributed by atoms with E-state index in [4.69, 9.17) is 4.74 Å². The van der Waals surface area contributed by atoms with Crippen molar-refractivity contribution in [3.63, 3.8) is 0 Å². The first-order valence-corrected chi connectivity index (χ1v) is 10.2. The first-order valence-electron chi connectivity index (χ1n) is 10.2. The van der Waals surface area contributed by atoms with Crippen LogP contribution < -0.4 is 15.5 Å². The van der Waals surface area contributed by atoms with Crippen LogP contribution in [0.5, 0.6) is 0 Å². The predicted octanol–water partition coefficient (Wildman–Crippen LogP) is 2.21. The fourth-order valence-electron chi connectivity index (χ4n) is 3.25. The molecule has 0 radical (unpaired) electrons. The summed E-state index contributed by atoms with van der Waals surface area (Å²) in [5.74, 6) is 1.77. The fraction of sp³-hybridized carbons (Fsp3) is 0.650. The second-order valence-corrected chi connectivity index (χ2v) is 6.73. The lowest BCUT2D eigenvalue weighted by atomic mass is 10.1. The van der Waals surface area contributed by atoms with Crippen molar-refractivity contribution < 1.29 is 9.53 Å². The Kier molecular flexibility index (Phi) is 8.84. The molecule has 1 amide bonds. The van der Waals surface area contributed by atoms with Gasteiger partial charge in [-0.05, 0) is 45.2 Å². The molecule has 2 N–H and O–H groups in total. The third-order valence-corrected chi connectivity index (χ3v) is 4.94. The Morgan fingerprint density at radius 3 is 2.54 bits per heavy atom. The molecule has 0 saturated carbocycles. The number of hydrogen-bond acceptors (Lipinski definition) is 5. The number of rotatable bonds is 7. The maximum absolute atomic E-state index is 11.8. The number of carbonyl (C=O) groups excluding carboxylic acids is 1. The van der Waals surface area contributed by atoms with Gasteiger partial charge in [0, 0.05) is 52.0 Å². The number of pyridine rings is 1. The van der Waals surface area contributed by atoms with E-state index < -0.39 is 0 Å². The van der Waals surface area contributed by atoms with Gasteiger partial charge >= 0.3 is 6.09 Å². The lowest BCUT2D eigenvalue weighted by Gasteiger charge is -2.32. The summed E-state index contributed by atoms with van der Waals surface area (Å²) in [4.78, 5) is 24.6. The number of aromatic nitrogens is 1. The highest BCUT2D eigenvalue weighted by atomic mass is 16.6. The SMILES string of the molecule is CCOC(=O)N1CCC(NC(=NC)NCc2ccc(N(CC)CC)nc2)CC1. The van der Waals surface area contributed by atoms with Crippen molar-refractivity contribution in [2.75, 3.05) is 44.7 Å². The van der Waals surface area contributed by atoms with Crippen LogP contribution in [0.2, 0.25) is 0 Å². The Balaban J connectivity index is 1.78. The molecule has 0 bridgehead atoms. The Morgan fingerprint density at radius 2 is 2.00 bits per heavy atom. The number of aliphatic imine (C=N–C) groups is 1. The molecule has 1 saturated heterocycles. The summed E-state index contributed by atoms with van der Waals surface area (Å²) >= 11 is 0. The highest BCUT2D eigenvalue weighted by molar-refractivity contribution is 5.80. The zero-order valence-electron chi connectivity index (χ0n) is 17.6. The third-order valence-electron chi connectivity index (χ3n) is 4.94. The first kappa shape index (κ1) is 21.8. The van der Waals surface area contributed by atoms with Gasteiger partial charge in [-0.25, -0.2) is 9.78 Å². The Hall–Kier alpha value is -2.51. The van der Waals surface area contributed by atoms with Crippen LogP contribution in [0.25, 0.3) is 0 Å². The van der Waals surface area contributed by atoms with Gasteiger partial charge < -0.3 is 25.2 Å². The molecular weight excluding hydrogens is 356 g/mol. The van der Waals surface area contributed by atoms with E-state index in [0.29, 0.717) is 32.3 Å². The number of guanidine groups is 1. The minimum Gasteiger partial charge on any atom is -0.450 e. The van der Waals surface area contributed by atoms with Crippen molar-refractivity contribution in [2.24, 2.45) is 4.99 Å². The van der Waals surface area contributed by atoms with E-state index in [1.54, 1.807) is 11.9 Å². The quantitative estimate of drug-likeness (QED) is 0.549. The Morgan fingerprint density at radius 1 is 1.29 bits per heavy atom. The van der Waals surface area contributed by atoms with Crippen molar-refractivity contribution in [3.05, 3.63) is 23.9 Å². The van der Waals surface area contributed by atoms with Gasteiger partial charge in [0.2, 0.25) is 0 Å². The number of piperidine rings is 1. The number of likely N-dealkylation sites (tertiary alicyclic amines) is 1. The van der Waals surface area contributed by atoms with Crippen molar-refractivity contribution in [1.29, 1.82) is 0 Å². The normalized spacial score (nSPS) is 15.3. The lowest BCUT2D eigenvalue weighted by molar-refractivity contribution is 0.0963. The fourth-order valence-corrected chi connectivity index (χ4v) is 3.25. The Bertz CT molecular complexity index is 622. The molecule has 28 heavy (non-hydrogen) atoms. The molecule has 8 nitrogen and oxygen atoms in total. The van der Waals surface area contributed by atoms with E-state index in [9.17, 15) is 4.79 Å². The van der Waals surface area contributed by atoms with Gasteiger partial charge in [0.05, 0.1) is 6.61 Å². The second-order valence-electron chi connectivity index (χ2n) is 6.73. The van der Waals surface area contributed by atoms with E-state index in [-0.39, 0.29) is 6.09 Å². The van der Waals surface area contributed by atoms with Crippen LogP contribution in [-0.2, 0) is 11.3 Å². The maximum atomic E-state index is 11.8. The van der Waals surface area contributed by atoms with Gasteiger partial charge in [0.15, 0.2) is 5.96 Å². The van der Waals surface area contributed by atoms with Gasteiger partial charge in [-0.3, -0.25) is 4.99 Å². The Labute approximate surface area is 168 Å². The number of ether oxygens (including phenoxy) is 1. The second kappa shape index (κ2) is 11.4. The van der Waals surface area contributed by atoms with Gasteiger partial charge in [-0.15, -0.1) is 0 Å². The van der Waals surface area contributed by atoms with Gasteiger partial charge in [-0.1, -0.05) is 6.07 Å². The number of carbonyl (C=O) groups is 1. The zero-order valence-corrected chi connectivity index (χ0v) is 17.6. The number of nitrogens with zero attached hydrogens (tertiary/aromatic N) is 4. The third kappa shape index (κ3) is 6.28. The summed E-state index contributed by atoms with van der Waals surface area (Å²) in [5, 5.41) is 6.79. The minimum atomic E-state index is -0.218. The van der Waals surface area contributed by atoms with E-state index in [2.05, 4.69) is 51.5 Å². The summed E-state index contributed by atoms with van der Waals surface area (Å²) in [6.07, 6.45) is 3.44. The minimum absolute atomic E-state index is 0.218. The average Bonchev–Trinajstić information content (AvgIpc) is 2.73. The average molecular weight is 391 g/mol. The molecule has 1 fully saturated rings. The van der Waals surface area contributed by atoms with E-state index in [0.717, 1.165) is 43.3 Å². The van der Waals surface area contributed by atoms with Crippen molar-refractivity contribution in [3.8, 4) is 0 Å². The van der Waals surface area contributed by atoms with Crippen LogP contribution in [-0.4, -0.2) is 67.8 Å². The highest BCUT2D eigenvalue weighted by Gasteiger charge is 2.24. The van der Waals surface area contributed by atoms with Crippen molar-refractivity contribution >= 4 is 17.9 Å². The molecule has 1 aliphatic heterocycles. The van der Waals surface area contributed by atoms with E-state index in [1.165, 1.54) is 0 Å². The number of anilines is 1. The molecule has 2 heterocycles. The summed E-state index contributed by atoms with van der Waals surface area (Å²) in [6, 6.07) is 4.45. The van der Waals surface area contributed by atoms with Gasteiger partial charge in [-0.2, -0.15) is 0 Å². The van der Waals surface area contributed by atoms with Crippen LogP contribution in [0.15, 0.2) is 23.3 Å². The molecular formula is C20H34N6O2. The molecule has 0 aliphatic carbocycles. The maximum Gasteiger partial charge on any atom is 0.409 e. The van der Waals surface area contributed by atoms with Crippen LogP contribution in [0.1, 0.15) is 39.2 Å². The molecule has 1 aromatic rings. The molecule has 0 spiro atoms. The molecule has 156 valence electrons. The molecule has 0 unspecified atom stereocenters. The van der Waals surface area contributed by atoms with Crippen LogP contribution in [0, 0.1) is 0 Å². The zero-order chi connectivity index (χ0) is 20.4. The van der Waals surface area contributed by atoms with Gasteiger partial charge in [0.1, 0.15) is 5.82 Å².